The van der Waals surface area contributed by atoms with E-state index in [2.05, 4.69) is 4.90 Å². The summed E-state index contributed by atoms with van der Waals surface area (Å²) < 4.78 is 29.1. The maximum atomic E-state index is 14.8. The van der Waals surface area contributed by atoms with Crippen LogP contribution in [-0.4, -0.2) is 63.5 Å². The molecule has 0 spiro atoms. The van der Waals surface area contributed by atoms with Crippen molar-refractivity contribution in [2.75, 3.05) is 27.2 Å². The number of aromatic carboxylic acids is 1. The monoisotopic (exact) mass is 606 g/mol. The predicted molar refractivity (Wildman–Crippen MR) is 159 cm³/mol. The van der Waals surface area contributed by atoms with Crippen molar-refractivity contribution >= 4 is 34.5 Å². The number of carbonyl (C=O) groups excluding carboxylic acids is 1. The number of carbonyl (C=O) groups is 2. The van der Waals surface area contributed by atoms with Gasteiger partial charge in [-0.05, 0) is 74.3 Å². The minimum Gasteiger partial charge on any atom is -0.478 e. The summed E-state index contributed by atoms with van der Waals surface area (Å²) in [5.74, 6) is -0.799. The lowest BCUT2D eigenvalue weighted by molar-refractivity contribution is -0.129. The summed E-state index contributed by atoms with van der Waals surface area (Å²) in [6.07, 6.45) is 1.71. The Morgan fingerprint density at radius 1 is 1.12 bits per heavy atom. The van der Waals surface area contributed by atoms with Crippen LogP contribution < -0.4 is 9.47 Å². The molecule has 0 radical (unpaired) electrons. The van der Waals surface area contributed by atoms with Gasteiger partial charge in [0.15, 0.2) is 11.5 Å². The lowest BCUT2D eigenvalue weighted by Gasteiger charge is -2.32. The molecule has 1 N–H and O–H groups in total. The topological polar surface area (TPSA) is 97.1 Å². The van der Waals surface area contributed by atoms with Gasteiger partial charge in [0.1, 0.15) is 18.2 Å². The van der Waals surface area contributed by atoms with E-state index in [1.54, 1.807) is 45.3 Å². The van der Waals surface area contributed by atoms with E-state index in [-0.39, 0.29) is 29.5 Å². The van der Waals surface area contributed by atoms with Crippen molar-refractivity contribution in [3.63, 3.8) is 0 Å². The molecule has 2 aliphatic heterocycles. The maximum absolute atomic E-state index is 14.8. The number of likely N-dealkylation sites (tertiary alicyclic amines) is 1. The lowest BCUT2D eigenvalue weighted by Crippen LogP contribution is -2.34. The molecular weight excluding hydrogens is 575 g/mol. The zero-order valence-electron chi connectivity index (χ0n) is 24.1. The first-order valence-corrected chi connectivity index (χ1v) is 14.5. The van der Waals surface area contributed by atoms with Crippen molar-refractivity contribution < 1.29 is 28.6 Å². The Balaban J connectivity index is 1.20. The van der Waals surface area contributed by atoms with Crippen LogP contribution in [0.15, 0.2) is 54.6 Å². The zero-order valence-corrected chi connectivity index (χ0v) is 24.9. The normalized spacial score (nSPS) is 18.7. The van der Waals surface area contributed by atoms with Crippen molar-refractivity contribution in [2.45, 2.75) is 44.6 Å². The molecule has 1 saturated heterocycles. The van der Waals surface area contributed by atoms with Gasteiger partial charge in [-0.1, -0.05) is 23.7 Å². The molecule has 43 heavy (non-hydrogen) atoms. The number of carboxylic acid groups (broad SMARTS) is 1. The van der Waals surface area contributed by atoms with Crippen LogP contribution >= 0.6 is 11.6 Å². The van der Waals surface area contributed by atoms with Crippen molar-refractivity contribution in [2.24, 2.45) is 0 Å². The van der Waals surface area contributed by atoms with Crippen molar-refractivity contribution in [1.29, 1.82) is 0 Å². The molecule has 1 fully saturated rings. The second kappa shape index (κ2) is 11.2. The minimum atomic E-state index is -1.31. The molecule has 3 aromatic carbocycles. The third-order valence-electron chi connectivity index (χ3n) is 8.29. The van der Waals surface area contributed by atoms with Gasteiger partial charge in [-0.2, -0.15) is 0 Å². The average Bonchev–Trinajstić information content (AvgIpc) is 3.49. The predicted octanol–water partition coefficient (Wildman–Crippen LogP) is 5.64. The van der Waals surface area contributed by atoms with Gasteiger partial charge < -0.3 is 24.0 Å². The molecule has 4 aromatic rings. The number of likely N-dealkylation sites (N-methyl/N-ethyl adjacent to an activating group) is 1. The first-order chi connectivity index (χ1) is 20.5. The largest absolute Gasteiger partial charge is 0.478 e. The minimum absolute atomic E-state index is 0.0683. The number of benzene rings is 3. The Bertz CT molecular complexity index is 1730. The van der Waals surface area contributed by atoms with Crippen LogP contribution in [0.4, 0.5) is 4.39 Å². The van der Waals surface area contributed by atoms with Crippen molar-refractivity contribution in [1.82, 2.24) is 19.4 Å². The first kappa shape index (κ1) is 28.9. The third-order valence-corrected chi connectivity index (χ3v) is 8.53. The Morgan fingerprint density at radius 2 is 1.88 bits per heavy atom. The fourth-order valence-corrected chi connectivity index (χ4v) is 6.08. The SMILES string of the molecule is CN(C)C(=O)Cn1c(CN2CCC(c3cccc4c3OC(C)(c3ccc(Cl)cc3F)O4)CC2)nc2ccc(C(=O)O)cc21. The Kier molecular flexibility index (Phi) is 7.52. The van der Waals surface area contributed by atoms with Gasteiger partial charge >= 0.3 is 5.97 Å². The number of fused-ring (bicyclic) bond motifs is 2. The molecule has 9 nitrogen and oxygen atoms in total. The van der Waals surface area contributed by atoms with Gasteiger partial charge in [0.2, 0.25) is 5.91 Å². The summed E-state index contributed by atoms with van der Waals surface area (Å²) in [6.45, 7) is 3.86. The van der Waals surface area contributed by atoms with Crippen LogP contribution in [0.1, 0.15) is 53.0 Å². The molecule has 224 valence electrons. The fraction of sp³-hybridized carbons (Fsp3) is 0.344. The highest BCUT2D eigenvalue weighted by atomic mass is 35.5. The Labute approximate surface area is 253 Å². The number of nitrogens with zero attached hydrogens (tertiary/aromatic N) is 4. The number of para-hydroxylation sites is 1. The second-order valence-corrected chi connectivity index (χ2v) is 11.8. The Morgan fingerprint density at radius 3 is 2.58 bits per heavy atom. The molecule has 1 aromatic heterocycles. The van der Waals surface area contributed by atoms with Crippen molar-refractivity contribution in [3.05, 3.63) is 88.0 Å². The van der Waals surface area contributed by atoms with Gasteiger partial charge in [-0.15, -0.1) is 0 Å². The highest BCUT2D eigenvalue weighted by molar-refractivity contribution is 6.30. The van der Waals surface area contributed by atoms with Gasteiger partial charge in [0.25, 0.3) is 5.79 Å². The van der Waals surface area contributed by atoms with E-state index in [9.17, 15) is 19.1 Å². The lowest BCUT2D eigenvalue weighted by atomic mass is 9.88. The van der Waals surface area contributed by atoms with Crippen LogP contribution in [0.5, 0.6) is 11.5 Å². The number of rotatable bonds is 7. The number of ether oxygens (including phenoxy) is 2. The van der Waals surface area contributed by atoms with E-state index in [0.29, 0.717) is 39.9 Å². The van der Waals surface area contributed by atoms with Crippen molar-refractivity contribution in [3.8, 4) is 11.5 Å². The zero-order chi connectivity index (χ0) is 30.5. The molecule has 6 rings (SSSR count). The number of hydrogen-bond acceptors (Lipinski definition) is 6. The summed E-state index contributed by atoms with van der Waals surface area (Å²) >= 11 is 5.96. The molecule has 2 aliphatic rings. The van der Waals surface area contributed by atoms with E-state index in [0.717, 1.165) is 31.5 Å². The first-order valence-electron chi connectivity index (χ1n) is 14.1. The number of piperidine rings is 1. The molecule has 3 heterocycles. The van der Waals surface area contributed by atoms with Gasteiger partial charge in [-0.3, -0.25) is 9.69 Å². The van der Waals surface area contributed by atoms with E-state index >= 15 is 0 Å². The fourth-order valence-electron chi connectivity index (χ4n) is 5.92. The van der Waals surface area contributed by atoms with Crippen LogP contribution in [0, 0.1) is 5.82 Å². The number of amides is 1. The number of halogens is 2. The number of hydrogen-bond donors (Lipinski definition) is 1. The van der Waals surface area contributed by atoms with Gasteiger partial charge in [0.05, 0.1) is 28.7 Å². The molecule has 0 bridgehead atoms. The molecule has 0 saturated carbocycles. The van der Waals surface area contributed by atoms with Crippen LogP contribution in [-0.2, 0) is 23.7 Å². The second-order valence-electron chi connectivity index (χ2n) is 11.4. The number of imidazole rings is 1. The molecule has 1 unspecified atom stereocenters. The van der Waals surface area contributed by atoms with E-state index in [1.807, 2.05) is 22.8 Å². The molecule has 1 amide bonds. The van der Waals surface area contributed by atoms with Gasteiger partial charge in [0, 0.05) is 31.6 Å². The highest BCUT2D eigenvalue weighted by Crippen LogP contribution is 2.49. The maximum Gasteiger partial charge on any atom is 0.335 e. The third kappa shape index (κ3) is 5.52. The molecule has 0 aliphatic carbocycles. The van der Waals surface area contributed by atoms with Gasteiger partial charge in [-0.25, -0.2) is 14.2 Å². The summed E-state index contributed by atoms with van der Waals surface area (Å²) in [7, 11) is 3.39. The summed E-state index contributed by atoms with van der Waals surface area (Å²) in [4.78, 5) is 32.9. The summed E-state index contributed by atoms with van der Waals surface area (Å²) in [6, 6.07) is 15.1. The summed E-state index contributed by atoms with van der Waals surface area (Å²) in [5.41, 5.74) is 2.73. The molecule has 1 atom stereocenters. The number of aromatic nitrogens is 2. The quantitative estimate of drug-likeness (QED) is 0.291. The Hall–Kier alpha value is -4.15. The standard InChI is InChI=1S/C32H32ClFN4O5/c1-32(23-9-8-21(33)16-24(23)34)42-27-6-4-5-22(30(27)43-32)19-11-13-37(14-12-19)17-28-35-25-10-7-20(31(40)41)15-26(25)38(28)18-29(39)36(2)3/h4-10,15-16,19H,11-14,17-18H2,1-3H3,(H,40,41). The number of carboxylic acids is 1. The van der Waals surface area contributed by atoms with E-state index in [1.165, 1.54) is 17.0 Å². The highest BCUT2D eigenvalue weighted by Gasteiger charge is 2.43. The van der Waals surface area contributed by atoms with E-state index in [4.69, 9.17) is 26.1 Å². The van der Waals surface area contributed by atoms with Crippen LogP contribution in [0.25, 0.3) is 11.0 Å². The average molecular weight is 607 g/mol. The molecule has 11 heteroatoms. The smallest absolute Gasteiger partial charge is 0.335 e. The van der Waals surface area contributed by atoms with Crippen LogP contribution in [0.2, 0.25) is 5.02 Å². The van der Waals surface area contributed by atoms with Crippen LogP contribution in [0.3, 0.4) is 0 Å². The summed E-state index contributed by atoms with van der Waals surface area (Å²) in [5, 5.41) is 9.81. The van der Waals surface area contributed by atoms with E-state index < -0.39 is 17.6 Å². The molecular formula is C32H32ClFN4O5.